The van der Waals surface area contributed by atoms with E-state index in [1.165, 1.54) is 14.2 Å². The number of nitrogens with zero attached hydrogens (tertiary/aromatic N) is 2. The van der Waals surface area contributed by atoms with Gasteiger partial charge in [-0.2, -0.15) is 0 Å². The fourth-order valence-electron chi connectivity index (χ4n) is 7.69. The molecule has 58 heavy (non-hydrogen) atoms. The van der Waals surface area contributed by atoms with Crippen LogP contribution in [-0.2, 0) is 35.1 Å². The topological polar surface area (TPSA) is 175 Å². The van der Waals surface area contributed by atoms with E-state index in [0.717, 1.165) is 16.7 Å². The van der Waals surface area contributed by atoms with E-state index in [1.54, 1.807) is 9.80 Å². The van der Waals surface area contributed by atoms with Crippen LogP contribution in [0.3, 0.4) is 0 Å². The van der Waals surface area contributed by atoms with Gasteiger partial charge >= 0.3 is 12.2 Å². The van der Waals surface area contributed by atoms with Gasteiger partial charge in [-0.05, 0) is 84.9 Å². The molecule has 0 spiro atoms. The molecule has 0 radical (unpaired) electrons. The number of hydrogen-bond acceptors (Lipinski definition) is 8. The summed E-state index contributed by atoms with van der Waals surface area (Å²) in [7, 11) is 2.49. The number of carbonyl (C=O) groups excluding carboxylic acids is 6. The van der Waals surface area contributed by atoms with Gasteiger partial charge in [0.1, 0.15) is 24.2 Å². The van der Waals surface area contributed by atoms with Crippen LogP contribution in [0.15, 0.2) is 78.9 Å². The van der Waals surface area contributed by atoms with E-state index < -0.39 is 36.4 Å². The Bertz CT molecular complexity index is 1900. The number of nitrogens with one attached hydrogen (secondary N) is 4. The van der Waals surface area contributed by atoms with E-state index in [-0.39, 0.29) is 41.4 Å². The molecule has 2 heterocycles. The van der Waals surface area contributed by atoms with Crippen LogP contribution in [-0.4, -0.2) is 97.1 Å². The van der Waals surface area contributed by atoms with Crippen LogP contribution in [0.5, 0.6) is 0 Å². The molecule has 1 unspecified atom stereocenters. The third kappa shape index (κ3) is 10.7. The molecule has 3 aromatic carbocycles. The largest absolute Gasteiger partial charge is 0.453 e. The average molecular weight is 797 g/mol. The summed E-state index contributed by atoms with van der Waals surface area (Å²) in [6.07, 6.45) is 1.66. The lowest BCUT2D eigenvalue weighted by Crippen LogP contribution is -2.54. The molecule has 6 amide bonds. The van der Waals surface area contributed by atoms with Crippen LogP contribution in [0.4, 0.5) is 21.0 Å². The lowest BCUT2D eigenvalue weighted by Gasteiger charge is -2.30. The molecule has 0 aromatic heterocycles. The predicted molar refractivity (Wildman–Crippen MR) is 220 cm³/mol. The van der Waals surface area contributed by atoms with E-state index in [2.05, 4.69) is 33.4 Å². The fourth-order valence-corrected chi connectivity index (χ4v) is 7.69. The molecule has 0 bridgehead atoms. The van der Waals surface area contributed by atoms with Gasteiger partial charge in [-0.15, -0.1) is 0 Å². The number of anilines is 2. The summed E-state index contributed by atoms with van der Waals surface area (Å²) in [5, 5.41) is 11.2. The van der Waals surface area contributed by atoms with Gasteiger partial charge in [-0.3, -0.25) is 19.2 Å². The second-order valence-electron chi connectivity index (χ2n) is 15.6. The normalized spacial score (nSPS) is 17.9. The Balaban J connectivity index is 1.24. The van der Waals surface area contributed by atoms with Crippen molar-refractivity contribution >= 4 is 47.2 Å². The maximum atomic E-state index is 13.5. The maximum Gasteiger partial charge on any atom is 0.407 e. The van der Waals surface area contributed by atoms with Crippen LogP contribution in [0.25, 0.3) is 0 Å². The molecule has 2 saturated heterocycles. The van der Waals surface area contributed by atoms with Crippen molar-refractivity contribution in [2.45, 2.75) is 89.9 Å². The highest BCUT2D eigenvalue weighted by atomic mass is 16.5. The lowest BCUT2D eigenvalue weighted by atomic mass is 9.86. The fraction of sp³-hybridized carbons (Fsp3) is 0.455. The zero-order valence-electron chi connectivity index (χ0n) is 34.2. The Morgan fingerprint density at radius 1 is 0.603 bits per heavy atom. The Morgan fingerprint density at radius 3 is 1.43 bits per heavy atom. The molecule has 3 aromatic rings. The van der Waals surface area contributed by atoms with Crippen molar-refractivity contribution in [1.82, 2.24) is 20.4 Å². The molecule has 2 aliphatic rings. The monoisotopic (exact) mass is 796 g/mol. The maximum absolute atomic E-state index is 13.5. The first-order valence-corrected chi connectivity index (χ1v) is 20.0. The summed E-state index contributed by atoms with van der Waals surface area (Å²) in [6.45, 7) is 8.17. The minimum Gasteiger partial charge on any atom is -0.453 e. The summed E-state index contributed by atoms with van der Waals surface area (Å²) < 4.78 is 9.42. The Kier molecular flexibility index (Phi) is 14.9. The van der Waals surface area contributed by atoms with Gasteiger partial charge in [0.2, 0.25) is 23.6 Å². The number of amides is 6. The second kappa shape index (κ2) is 20.0. The van der Waals surface area contributed by atoms with Crippen molar-refractivity contribution in [3.63, 3.8) is 0 Å². The summed E-state index contributed by atoms with van der Waals surface area (Å²) >= 11 is 0. The van der Waals surface area contributed by atoms with Gasteiger partial charge in [0.15, 0.2) is 0 Å². The van der Waals surface area contributed by atoms with E-state index in [0.29, 0.717) is 56.6 Å². The number of alkyl carbamates (subject to hydrolysis) is 2. The van der Waals surface area contributed by atoms with Crippen LogP contribution in [0.2, 0.25) is 0 Å². The Labute approximate surface area is 340 Å². The molecule has 310 valence electrons. The first kappa shape index (κ1) is 43.2. The van der Waals surface area contributed by atoms with Crippen molar-refractivity contribution in [3.8, 4) is 0 Å². The van der Waals surface area contributed by atoms with Gasteiger partial charge in [-0.1, -0.05) is 82.3 Å². The van der Waals surface area contributed by atoms with Gasteiger partial charge in [0, 0.05) is 30.4 Å². The lowest BCUT2D eigenvalue weighted by molar-refractivity contribution is -0.139. The minimum absolute atomic E-state index is 0.0184. The van der Waals surface area contributed by atoms with E-state index in [1.807, 2.05) is 94.4 Å². The van der Waals surface area contributed by atoms with Crippen LogP contribution < -0.4 is 21.3 Å². The number of carbonyl (C=O) groups is 6. The summed E-state index contributed by atoms with van der Waals surface area (Å²) in [5.74, 6) is -1.60. The van der Waals surface area contributed by atoms with E-state index in [9.17, 15) is 28.8 Å². The molecule has 14 heteroatoms. The molecule has 2 fully saturated rings. The molecule has 4 N–H and O–H groups in total. The highest BCUT2D eigenvalue weighted by molar-refractivity contribution is 5.99. The van der Waals surface area contributed by atoms with Crippen molar-refractivity contribution in [3.05, 3.63) is 95.6 Å². The zero-order chi connectivity index (χ0) is 41.9. The third-order valence-electron chi connectivity index (χ3n) is 10.9. The number of hydrogen-bond donors (Lipinski definition) is 4. The van der Waals surface area contributed by atoms with Crippen molar-refractivity contribution in [1.29, 1.82) is 0 Å². The van der Waals surface area contributed by atoms with Gasteiger partial charge in [-0.25, -0.2) is 9.59 Å². The van der Waals surface area contributed by atoms with Gasteiger partial charge in [0.25, 0.3) is 0 Å². The number of rotatable bonds is 14. The summed E-state index contributed by atoms with van der Waals surface area (Å²) in [5.41, 5.74) is 4.42. The zero-order valence-corrected chi connectivity index (χ0v) is 34.2. The highest BCUT2D eigenvalue weighted by Crippen LogP contribution is 2.31. The standard InChI is InChI=1S/C44H56N6O8/c1-27(2)37(47-43(55)57-5)41(53)49-24-10-14-35(49)39(51)45-32-20-16-29(17-21-32)26-34(30-12-8-7-9-13-30)31-18-22-33(23-19-31)46-40(52)36-15-11-25-50(36)42(54)38(28(3)4)48-44(56)58-6/h7-9,12-13,16-23,27-28,34-38H,10-11,14-15,24-26H2,1-6H3,(H,45,51)(H,46,52)(H,47,55)(H,48,56)/t34?,35-,36-,37-,38-/m0/s1. The van der Waals surface area contributed by atoms with E-state index in [4.69, 9.17) is 9.47 Å². The van der Waals surface area contributed by atoms with Crippen molar-refractivity contribution in [2.75, 3.05) is 37.9 Å². The molecular formula is C44H56N6O8. The molecule has 5 rings (SSSR count). The summed E-state index contributed by atoms with van der Waals surface area (Å²) in [4.78, 5) is 80.8. The smallest absolute Gasteiger partial charge is 0.407 e. The number of methoxy groups -OCH3 is 2. The number of benzene rings is 3. The summed E-state index contributed by atoms with van der Waals surface area (Å²) in [6, 6.07) is 22.6. The third-order valence-corrected chi connectivity index (χ3v) is 10.9. The van der Waals surface area contributed by atoms with Crippen LogP contribution >= 0.6 is 0 Å². The molecule has 2 aliphatic heterocycles. The predicted octanol–water partition coefficient (Wildman–Crippen LogP) is 5.68. The van der Waals surface area contributed by atoms with Crippen molar-refractivity contribution in [2.24, 2.45) is 11.8 Å². The van der Waals surface area contributed by atoms with E-state index >= 15 is 0 Å². The number of ether oxygens (including phenoxy) is 2. The quantitative estimate of drug-likeness (QED) is 0.161. The minimum atomic E-state index is -0.813. The molecule has 0 saturated carbocycles. The SMILES string of the molecule is COC(=O)N[C@H](C(=O)N1CCC[C@H]1C(=O)Nc1ccc(CC(c2ccccc2)c2ccc(NC(=O)[C@@H]3CCCN3C(=O)[C@@H](NC(=O)OC)C(C)C)cc2)cc1)C(C)C. The molecule has 14 nitrogen and oxygen atoms in total. The first-order valence-electron chi connectivity index (χ1n) is 20.0. The molecular weight excluding hydrogens is 741 g/mol. The Morgan fingerprint density at radius 2 is 1.02 bits per heavy atom. The van der Waals surface area contributed by atoms with Gasteiger partial charge in [0.05, 0.1) is 14.2 Å². The first-order chi connectivity index (χ1) is 27.8. The Hall–Kier alpha value is -5.92. The molecule has 0 aliphatic carbocycles. The molecule has 5 atom stereocenters. The van der Waals surface area contributed by atoms with Crippen LogP contribution in [0, 0.1) is 11.8 Å². The second-order valence-corrected chi connectivity index (χ2v) is 15.6. The highest BCUT2D eigenvalue weighted by Gasteiger charge is 2.40. The average Bonchev–Trinajstić information content (AvgIpc) is 3.93. The van der Waals surface area contributed by atoms with Crippen LogP contribution in [0.1, 0.15) is 76.0 Å². The van der Waals surface area contributed by atoms with Gasteiger partial charge < -0.3 is 40.5 Å². The van der Waals surface area contributed by atoms with Crippen molar-refractivity contribution < 1.29 is 38.2 Å². The number of likely N-dealkylation sites (tertiary alicyclic amines) is 2.